The zero-order chi connectivity index (χ0) is 25.0. The Hall–Kier alpha value is -3.46. The van der Waals surface area contributed by atoms with E-state index in [0.717, 1.165) is 14.7 Å². The Labute approximate surface area is 216 Å². The van der Waals surface area contributed by atoms with Gasteiger partial charge >= 0.3 is 0 Å². The molecule has 5 rings (SSSR count). The van der Waals surface area contributed by atoms with Crippen LogP contribution < -0.4 is 10.5 Å². The number of nitrogens with zero attached hydrogens (tertiary/aromatic N) is 3. The maximum absolute atomic E-state index is 14.1. The van der Waals surface area contributed by atoms with Gasteiger partial charge in [-0.15, -0.1) is 0 Å². The zero-order valence-corrected chi connectivity index (χ0v) is 22.0. The van der Waals surface area contributed by atoms with Gasteiger partial charge in [-0.2, -0.15) is 0 Å². The third-order valence-corrected chi connectivity index (χ3v) is 7.21. The van der Waals surface area contributed by atoms with Crippen LogP contribution in [0.4, 0.5) is 5.69 Å². The summed E-state index contributed by atoms with van der Waals surface area (Å²) in [6, 6.07) is 20.1. The van der Waals surface area contributed by atoms with E-state index in [0.29, 0.717) is 33.8 Å². The van der Waals surface area contributed by atoms with E-state index in [1.54, 1.807) is 28.5 Å². The summed E-state index contributed by atoms with van der Waals surface area (Å²) in [7, 11) is 1.80. The number of carbonyl (C=O) groups is 2. The number of amides is 1. The first-order valence-electron chi connectivity index (χ1n) is 11.4. The standard InChI is InChI=1S/C28H24IN3O3/c1-16(2)31(25-17(3)30(4)32(28(25)35)19-9-6-5-7-10-19)27(34)22-12-8-11-21-20-14-13-18(29)15-23(20)26(33)24(21)22/h5-16H,1-4H3. The van der Waals surface area contributed by atoms with E-state index >= 15 is 0 Å². The molecule has 0 saturated heterocycles. The number of benzene rings is 3. The second-order valence-corrected chi connectivity index (χ2v) is 10.2. The fraction of sp³-hybridized carbons (Fsp3) is 0.179. The lowest BCUT2D eigenvalue weighted by atomic mass is 9.99. The number of hydrogen-bond acceptors (Lipinski definition) is 3. The van der Waals surface area contributed by atoms with Crippen molar-refractivity contribution in [2.45, 2.75) is 26.8 Å². The van der Waals surface area contributed by atoms with Gasteiger partial charge < -0.3 is 0 Å². The highest BCUT2D eigenvalue weighted by atomic mass is 127. The molecule has 7 heteroatoms. The Morgan fingerprint density at radius 2 is 1.63 bits per heavy atom. The van der Waals surface area contributed by atoms with Crippen molar-refractivity contribution in [3.63, 3.8) is 0 Å². The topological polar surface area (TPSA) is 64.3 Å². The summed E-state index contributed by atoms with van der Waals surface area (Å²) in [5.41, 5.74) is 4.30. The van der Waals surface area contributed by atoms with Gasteiger partial charge in [-0.1, -0.05) is 36.4 Å². The van der Waals surface area contributed by atoms with E-state index in [1.165, 1.54) is 4.90 Å². The predicted octanol–water partition coefficient (Wildman–Crippen LogP) is 5.36. The summed E-state index contributed by atoms with van der Waals surface area (Å²) in [6.07, 6.45) is 0. The van der Waals surface area contributed by atoms with Crippen molar-refractivity contribution >= 4 is 40.0 Å². The van der Waals surface area contributed by atoms with Crippen molar-refractivity contribution in [2.75, 3.05) is 4.90 Å². The molecule has 1 aromatic heterocycles. The molecule has 0 unspecified atom stereocenters. The van der Waals surface area contributed by atoms with Crippen molar-refractivity contribution in [1.82, 2.24) is 9.36 Å². The van der Waals surface area contributed by atoms with Crippen LogP contribution in [-0.2, 0) is 7.05 Å². The van der Waals surface area contributed by atoms with Crippen molar-refractivity contribution in [3.05, 3.63) is 103 Å². The Bertz CT molecular complexity index is 1560. The molecule has 0 aliphatic heterocycles. The monoisotopic (exact) mass is 577 g/mol. The van der Waals surface area contributed by atoms with E-state index in [-0.39, 0.29) is 23.3 Å². The number of hydrogen-bond donors (Lipinski definition) is 0. The van der Waals surface area contributed by atoms with Crippen LogP contribution >= 0.6 is 22.6 Å². The highest BCUT2D eigenvalue weighted by Gasteiger charge is 2.35. The molecule has 0 fully saturated rings. The van der Waals surface area contributed by atoms with Gasteiger partial charge in [-0.25, -0.2) is 4.68 Å². The Morgan fingerprint density at radius 1 is 0.914 bits per heavy atom. The molecule has 0 N–H and O–H groups in total. The molecule has 0 saturated carbocycles. The van der Waals surface area contributed by atoms with E-state index in [9.17, 15) is 14.4 Å². The van der Waals surface area contributed by atoms with Crippen LogP contribution in [0.1, 0.15) is 45.8 Å². The fourth-order valence-electron chi connectivity index (χ4n) is 4.83. The van der Waals surface area contributed by atoms with E-state index < -0.39 is 0 Å². The number of rotatable bonds is 4. The quantitative estimate of drug-likeness (QED) is 0.271. The van der Waals surface area contributed by atoms with Crippen molar-refractivity contribution < 1.29 is 9.59 Å². The third-order valence-electron chi connectivity index (χ3n) is 6.54. The smallest absolute Gasteiger partial charge is 0.295 e. The molecule has 0 atom stereocenters. The molecule has 6 nitrogen and oxygen atoms in total. The van der Waals surface area contributed by atoms with E-state index in [2.05, 4.69) is 22.6 Å². The number of para-hydroxylation sites is 1. The summed E-state index contributed by atoms with van der Waals surface area (Å²) in [4.78, 5) is 42.7. The van der Waals surface area contributed by atoms with Gasteiger partial charge in [-0.3, -0.25) is 24.0 Å². The summed E-state index contributed by atoms with van der Waals surface area (Å²) < 4.78 is 4.28. The number of ketones is 1. The van der Waals surface area contributed by atoms with Crippen LogP contribution in [0.25, 0.3) is 16.8 Å². The second-order valence-electron chi connectivity index (χ2n) is 8.93. The minimum atomic E-state index is -0.362. The van der Waals surface area contributed by atoms with Gasteiger partial charge in [0.15, 0.2) is 5.78 Å². The molecule has 1 heterocycles. The summed E-state index contributed by atoms with van der Waals surface area (Å²) in [5.74, 6) is -0.522. The van der Waals surface area contributed by atoms with Gasteiger partial charge in [-0.05, 0) is 84.8 Å². The van der Waals surface area contributed by atoms with Crippen LogP contribution in [0.2, 0.25) is 0 Å². The van der Waals surface area contributed by atoms with Gasteiger partial charge in [0.05, 0.1) is 16.9 Å². The van der Waals surface area contributed by atoms with Crippen LogP contribution in [-0.4, -0.2) is 27.1 Å². The first-order valence-corrected chi connectivity index (χ1v) is 12.5. The number of aromatic nitrogens is 2. The molecule has 0 radical (unpaired) electrons. The van der Waals surface area contributed by atoms with Crippen molar-refractivity contribution in [2.24, 2.45) is 7.05 Å². The van der Waals surface area contributed by atoms with Crippen LogP contribution in [0.15, 0.2) is 71.5 Å². The Balaban J connectivity index is 1.67. The molecule has 1 aliphatic carbocycles. The van der Waals surface area contributed by atoms with Gasteiger partial charge in [0.1, 0.15) is 5.69 Å². The van der Waals surface area contributed by atoms with Crippen LogP contribution in [0.3, 0.4) is 0 Å². The van der Waals surface area contributed by atoms with Crippen molar-refractivity contribution in [1.29, 1.82) is 0 Å². The molecule has 35 heavy (non-hydrogen) atoms. The molecule has 1 amide bonds. The molecule has 1 aliphatic rings. The molecule has 176 valence electrons. The molecular formula is C28H24IN3O3. The first-order chi connectivity index (χ1) is 16.7. The van der Waals surface area contributed by atoms with E-state index in [4.69, 9.17) is 0 Å². The highest BCUT2D eigenvalue weighted by Crippen LogP contribution is 2.39. The normalized spacial score (nSPS) is 12.1. The summed E-state index contributed by atoms with van der Waals surface area (Å²) in [6.45, 7) is 5.58. The lowest BCUT2D eigenvalue weighted by Gasteiger charge is -2.26. The number of halogens is 1. The molecule has 4 aromatic rings. The SMILES string of the molecule is Cc1c(N(C(=O)c2cccc3c2C(=O)c2cc(I)ccc2-3)C(C)C)c(=O)n(-c2ccccc2)n1C. The highest BCUT2D eigenvalue weighted by molar-refractivity contribution is 14.1. The number of fused-ring (bicyclic) bond motifs is 3. The maximum Gasteiger partial charge on any atom is 0.295 e. The second kappa shape index (κ2) is 8.64. The third kappa shape index (κ3) is 3.56. The van der Waals surface area contributed by atoms with Gasteiger partial charge in [0, 0.05) is 27.8 Å². The number of carbonyl (C=O) groups excluding carboxylic acids is 2. The van der Waals surface area contributed by atoms with Crippen molar-refractivity contribution in [3.8, 4) is 16.8 Å². The minimum absolute atomic E-state index is 0.160. The fourth-order valence-corrected chi connectivity index (χ4v) is 5.32. The lowest BCUT2D eigenvalue weighted by Crippen LogP contribution is -2.41. The molecule has 0 spiro atoms. The molecular weight excluding hydrogens is 553 g/mol. The predicted molar refractivity (Wildman–Crippen MR) is 146 cm³/mol. The van der Waals surface area contributed by atoms with Crippen LogP contribution in [0.5, 0.6) is 0 Å². The van der Waals surface area contributed by atoms with Gasteiger partial charge in [0.25, 0.3) is 11.5 Å². The minimum Gasteiger partial charge on any atom is -0.299 e. The molecule has 3 aromatic carbocycles. The average Bonchev–Trinajstić information content (AvgIpc) is 3.24. The van der Waals surface area contributed by atoms with E-state index in [1.807, 2.05) is 75.4 Å². The maximum atomic E-state index is 14.1. The van der Waals surface area contributed by atoms with Crippen LogP contribution in [0, 0.1) is 10.5 Å². The largest absolute Gasteiger partial charge is 0.299 e. The number of anilines is 1. The Morgan fingerprint density at radius 3 is 2.31 bits per heavy atom. The van der Waals surface area contributed by atoms with Gasteiger partial charge in [0.2, 0.25) is 0 Å². The summed E-state index contributed by atoms with van der Waals surface area (Å²) in [5, 5.41) is 0. The lowest BCUT2D eigenvalue weighted by molar-refractivity contribution is 0.0966. The Kier molecular flexibility index (Phi) is 5.75. The molecule has 0 bridgehead atoms. The summed E-state index contributed by atoms with van der Waals surface area (Å²) >= 11 is 2.18. The average molecular weight is 577 g/mol. The zero-order valence-electron chi connectivity index (χ0n) is 19.9. The first kappa shape index (κ1) is 23.3.